The molecule has 0 saturated heterocycles. The smallest absolute Gasteiger partial charge is 0.242 e. The first-order chi connectivity index (χ1) is 9.08. The zero-order valence-corrected chi connectivity index (χ0v) is 12.4. The predicted octanol–water partition coefficient (Wildman–Crippen LogP) is 2.91. The summed E-state index contributed by atoms with van der Waals surface area (Å²) in [5.41, 5.74) is 1.52. The minimum absolute atomic E-state index is 0.0214. The Morgan fingerprint density at radius 3 is 2.84 bits per heavy atom. The number of hydrogen-bond donors (Lipinski definition) is 0. The number of amides is 1. The first-order valence-electron chi connectivity index (χ1n) is 6.02. The van der Waals surface area contributed by atoms with Crippen molar-refractivity contribution in [3.8, 4) is 0 Å². The van der Waals surface area contributed by atoms with Crippen LogP contribution in [0.25, 0.3) is 11.0 Å². The lowest BCUT2D eigenvalue weighted by Crippen LogP contribution is -2.30. The number of aromatic nitrogens is 2. The van der Waals surface area contributed by atoms with Gasteiger partial charge >= 0.3 is 0 Å². The van der Waals surface area contributed by atoms with Crippen molar-refractivity contribution in [2.45, 2.75) is 19.3 Å². The second-order valence-electron chi connectivity index (χ2n) is 4.26. The Balaban J connectivity index is 2.46. The maximum Gasteiger partial charge on any atom is 0.242 e. The van der Waals surface area contributed by atoms with Gasteiger partial charge in [-0.3, -0.25) is 4.79 Å². The molecule has 2 rings (SSSR count). The summed E-state index contributed by atoms with van der Waals surface area (Å²) >= 11 is 12.0. The van der Waals surface area contributed by atoms with Gasteiger partial charge < -0.3 is 9.47 Å². The predicted molar refractivity (Wildman–Crippen MR) is 77.6 cm³/mol. The molecule has 19 heavy (non-hydrogen) atoms. The fourth-order valence-corrected chi connectivity index (χ4v) is 2.29. The summed E-state index contributed by atoms with van der Waals surface area (Å²) in [6, 6.07) is 5.51. The summed E-state index contributed by atoms with van der Waals surface area (Å²) in [4.78, 5) is 18.1. The van der Waals surface area contributed by atoms with Crippen LogP contribution in [-0.2, 0) is 17.2 Å². The fourth-order valence-electron chi connectivity index (χ4n) is 1.87. The van der Waals surface area contributed by atoms with E-state index in [9.17, 15) is 4.79 Å². The van der Waals surface area contributed by atoms with E-state index < -0.39 is 0 Å². The van der Waals surface area contributed by atoms with Gasteiger partial charge in [-0.05, 0) is 19.1 Å². The van der Waals surface area contributed by atoms with E-state index in [1.807, 2.05) is 23.6 Å². The molecule has 1 aromatic heterocycles. The third-order valence-corrected chi connectivity index (χ3v) is 3.67. The highest BCUT2D eigenvalue weighted by molar-refractivity contribution is 6.35. The van der Waals surface area contributed by atoms with Crippen molar-refractivity contribution in [2.75, 3.05) is 13.6 Å². The Kier molecular flexibility index (Phi) is 4.32. The van der Waals surface area contributed by atoms with Crippen molar-refractivity contribution in [1.29, 1.82) is 0 Å². The van der Waals surface area contributed by atoms with Gasteiger partial charge in [0.15, 0.2) is 0 Å². The minimum atomic E-state index is 0.0214. The van der Waals surface area contributed by atoms with Gasteiger partial charge in [0.25, 0.3) is 0 Å². The molecule has 0 aliphatic rings. The van der Waals surface area contributed by atoms with E-state index in [1.165, 1.54) is 0 Å². The average molecular weight is 300 g/mol. The molecule has 0 unspecified atom stereocenters. The molecule has 4 nitrogen and oxygen atoms in total. The molecule has 0 bridgehead atoms. The summed E-state index contributed by atoms with van der Waals surface area (Å²) in [6.07, 6.45) is 0. The van der Waals surface area contributed by atoms with Crippen LogP contribution in [0, 0.1) is 0 Å². The number of imidazole rings is 1. The van der Waals surface area contributed by atoms with Gasteiger partial charge in [-0.2, -0.15) is 0 Å². The van der Waals surface area contributed by atoms with Crippen LogP contribution in [0.2, 0.25) is 5.02 Å². The normalized spacial score (nSPS) is 10.9. The SMILES string of the molecule is CCN(C)C(=O)Cn1c(CCl)nc2c(Cl)cccc21. The fraction of sp³-hybridized carbons (Fsp3) is 0.385. The zero-order chi connectivity index (χ0) is 14.0. The monoisotopic (exact) mass is 299 g/mol. The van der Waals surface area contributed by atoms with Crippen molar-refractivity contribution in [3.63, 3.8) is 0 Å². The molecule has 0 atom stereocenters. The molecule has 1 heterocycles. The molecule has 0 fully saturated rings. The summed E-state index contributed by atoms with van der Waals surface area (Å²) in [5.74, 6) is 0.921. The number of para-hydroxylation sites is 1. The second-order valence-corrected chi connectivity index (χ2v) is 4.94. The highest BCUT2D eigenvalue weighted by Gasteiger charge is 2.16. The van der Waals surface area contributed by atoms with Crippen molar-refractivity contribution in [2.24, 2.45) is 0 Å². The zero-order valence-electron chi connectivity index (χ0n) is 10.9. The maximum atomic E-state index is 12.0. The van der Waals surface area contributed by atoms with Gasteiger partial charge in [-0.1, -0.05) is 17.7 Å². The van der Waals surface area contributed by atoms with E-state index >= 15 is 0 Å². The van der Waals surface area contributed by atoms with Crippen LogP contribution in [0.4, 0.5) is 0 Å². The number of halogens is 2. The number of nitrogens with zero attached hydrogens (tertiary/aromatic N) is 3. The number of hydrogen-bond acceptors (Lipinski definition) is 2. The Labute approximate surface area is 121 Å². The molecule has 0 saturated carbocycles. The standard InChI is InChI=1S/C13H15Cl2N3O/c1-3-17(2)12(19)8-18-10-6-4-5-9(15)13(10)16-11(18)7-14/h4-6H,3,7-8H2,1-2H3. The summed E-state index contributed by atoms with van der Waals surface area (Å²) in [7, 11) is 1.77. The number of alkyl halides is 1. The highest BCUT2D eigenvalue weighted by atomic mass is 35.5. The molecule has 1 amide bonds. The van der Waals surface area contributed by atoms with Crippen LogP contribution in [0.5, 0.6) is 0 Å². The third-order valence-electron chi connectivity index (χ3n) is 3.12. The Hall–Kier alpha value is -1.26. The third kappa shape index (κ3) is 2.69. The minimum Gasteiger partial charge on any atom is -0.344 e. The molecular formula is C13H15Cl2N3O. The van der Waals surface area contributed by atoms with E-state index in [4.69, 9.17) is 23.2 Å². The Bertz CT molecular complexity index is 609. The topological polar surface area (TPSA) is 38.1 Å². The lowest BCUT2D eigenvalue weighted by Gasteiger charge is -2.16. The van der Waals surface area contributed by atoms with E-state index in [0.717, 1.165) is 5.52 Å². The number of carbonyl (C=O) groups is 1. The van der Waals surface area contributed by atoms with Crippen LogP contribution in [0.15, 0.2) is 18.2 Å². The lowest BCUT2D eigenvalue weighted by molar-refractivity contribution is -0.130. The number of carbonyl (C=O) groups excluding carboxylic acids is 1. The molecule has 2 aromatic rings. The number of rotatable bonds is 4. The molecular weight excluding hydrogens is 285 g/mol. The number of benzene rings is 1. The molecule has 1 aromatic carbocycles. The molecule has 0 aliphatic heterocycles. The average Bonchev–Trinajstić information content (AvgIpc) is 2.77. The molecule has 0 aliphatic carbocycles. The summed E-state index contributed by atoms with van der Waals surface area (Å²) in [6.45, 7) is 2.83. The Morgan fingerprint density at radius 2 is 2.21 bits per heavy atom. The van der Waals surface area contributed by atoms with E-state index in [-0.39, 0.29) is 18.3 Å². The first-order valence-corrected chi connectivity index (χ1v) is 6.93. The molecule has 0 radical (unpaired) electrons. The van der Waals surface area contributed by atoms with Crippen molar-refractivity contribution < 1.29 is 4.79 Å². The number of fused-ring (bicyclic) bond motifs is 1. The van der Waals surface area contributed by atoms with Gasteiger partial charge in [0.1, 0.15) is 17.9 Å². The van der Waals surface area contributed by atoms with Gasteiger partial charge in [0.05, 0.1) is 16.4 Å². The van der Waals surface area contributed by atoms with E-state index in [1.54, 1.807) is 18.0 Å². The van der Waals surface area contributed by atoms with E-state index in [2.05, 4.69) is 4.98 Å². The Morgan fingerprint density at radius 1 is 1.47 bits per heavy atom. The van der Waals surface area contributed by atoms with Crippen LogP contribution in [0.1, 0.15) is 12.7 Å². The largest absolute Gasteiger partial charge is 0.344 e. The van der Waals surface area contributed by atoms with Crippen LogP contribution >= 0.6 is 23.2 Å². The number of likely N-dealkylation sites (N-methyl/N-ethyl adjacent to an activating group) is 1. The second kappa shape index (κ2) is 5.80. The molecule has 6 heteroatoms. The molecule has 0 N–H and O–H groups in total. The quantitative estimate of drug-likeness (QED) is 0.814. The van der Waals surface area contributed by atoms with Gasteiger partial charge in [0, 0.05) is 13.6 Å². The maximum absolute atomic E-state index is 12.0. The van der Waals surface area contributed by atoms with Gasteiger partial charge in [-0.25, -0.2) is 4.98 Å². The first kappa shape index (κ1) is 14.2. The van der Waals surface area contributed by atoms with Crippen molar-refractivity contribution in [1.82, 2.24) is 14.5 Å². The molecule has 0 spiro atoms. The highest BCUT2D eigenvalue weighted by Crippen LogP contribution is 2.24. The van der Waals surface area contributed by atoms with Crippen LogP contribution in [-0.4, -0.2) is 34.0 Å². The van der Waals surface area contributed by atoms with Crippen molar-refractivity contribution >= 4 is 40.1 Å². The van der Waals surface area contributed by atoms with Crippen molar-refractivity contribution in [3.05, 3.63) is 29.0 Å². The molecule has 102 valence electrons. The summed E-state index contributed by atoms with van der Waals surface area (Å²) in [5, 5.41) is 0.568. The van der Waals surface area contributed by atoms with Crippen LogP contribution < -0.4 is 0 Å². The van der Waals surface area contributed by atoms with Crippen LogP contribution in [0.3, 0.4) is 0 Å². The van der Waals surface area contributed by atoms with Gasteiger partial charge in [-0.15, -0.1) is 11.6 Å². The van der Waals surface area contributed by atoms with Gasteiger partial charge in [0.2, 0.25) is 5.91 Å². The van der Waals surface area contributed by atoms with E-state index in [0.29, 0.717) is 22.9 Å². The lowest BCUT2D eigenvalue weighted by atomic mass is 10.3. The summed E-state index contributed by atoms with van der Waals surface area (Å²) < 4.78 is 1.82.